The summed E-state index contributed by atoms with van der Waals surface area (Å²) in [6, 6.07) is 12.4. The minimum absolute atomic E-state index is 0.629. The number of imidazole rings is 1. The number of methoxy groups -OCH3 is 1. The molecule has 1 fully saturated rings. The predicted molar refractivity (Wildman–Crippen MR) is 117 cm³/mol. The first-order valence-electron chi connectivity index (χ1n) is 10.7. The number of benzene rings is 2. The molecule has 0 N–H and O–H groups in total. The zero-order chi connectivity index (χ0) is 20.3. The second-order valence-corrected chi connectivity index (χ2v) is 7.80. The van der Waals surface area contributed by atoms with Gasteiger partial charge in [-0.3, -0.25) is 4.90 Å². The fourth-order valence-electron chi connectivity index (χ4n) is 4.27. The molecule has 158 valence electrons. The highest BCUT2D eigenvalue weighted by Gasteiger charge is 2.19. The molecule has 3 heterocycles. The average Bonchev–Trinajstić information content (AvgIpc) is 3.21. The van der Waals surface area contributed by atoms with Crippen LogP contribution in [0.15, 0.2) is 42.7 Å². The fraction of sp³-hybridized carbons (Fsp3) is 0.435. The second kappa shape index (κ2) is 8.44. The van der Waals surface area contributed by atoms with E-state index in [-0.39, 0.29) is 0 Å². The first kappa shape index (κ1) is 19.1. The maximum atomic E-state index is 5.73. The minimum atomic E-state index is 0.629. The molecule has 3 aromatic rings. The van der Waals surface area contributed by atoms with Crippen LogP contribution in [0, 0.1) is 0 Å². The Balaban J connectivity index is 1.12. The molecule has 0 atom stereocenters. The maximum absolute atomic E-state index is 5.73. The van der Waals surface area contributed by atoms with Crippen LogP contribution in [-0.2, 0) is 6.54 Å². The lowest BCUT2D eigenvalue weighted by molar-refractivity contribution is 0.171. The van der Waals surface area contributed by atoms with Gasteiger partial charge in [0.1, 0.15) is 19.0 Å². The molecule has 2 aliphatic rings. The summed E-state index contributed by atoms with van der Waals surface area (Å²) in [5.74, 6) is 2.57. The van der Waals surface area contributed by atoms with E-state index in [2.05, 4.69) is 37.5 Å². The summed E-state index contributed by atoms with van der Waals surface area (Å²) in [6.07, 6.45) is 3.05. The number of hydrogen-bond donors (Lipinski definition) is 0. The molecule has 7 nitrogen and oxygen atoms in total. The molecule has 0 bridgehead atoms. The molecule has 1 saturated heterocycles. The molecule has 1 aromatic heterocycles. The lowest BCUT2D eigenvalue weighted by atomic mass is 10.2. The highest BCUT2D eigenvalue weighted by atomic mass is 16.6. The number of anilines is 1. The van der Waals surface area contributed by atoms with Gasteiger partial charge in [0.2, 0.25) is 0 Å². The predicted octanol–water partition coefficient (Wildman–Crippen LogP) is 3.03. The Bertz CT molecular complexity index is 1010. The normalized spacial score (nSPS) is 16.8. The Morgan fingerprint density at radius 3 is 2.60 bits per heavy atom. The summed E-state index contributed by atoms with van der Waals surface area (Å²) in [6.45, 7) is 7.57. The summed E-state index contributed by atoms with van der Waals surface area (Å²) in [4.78, 5) is 9.50. The smallest absolute Gasteiger partial charge is 0.163 e. The lowest BCUT2D eigenvalue weighted by Gasteiger charge is -2.36. The Kier molecular flexibility index (Phi) is 5.36. The first-order chi connectivity index (χ1) is 14.8. The van der Waals surface area contributed by atoms with Gasteiger partial charge in [-0.15, -0.1) is 0 Å². The van der Waals surface area contributed by atoms with E-state index in [4.69, 9.17) is 14.2 Å². The van der Waals surface area contributed by atoms with E-state index in [9.17, 15) is 0 Å². The Morgan fingerprint density at radius 1 is 0.933 bits per heavy atom. The molecular formula is C23H28N4O3. The average molecular weight is 409 g/mol. The molecule has 0 unspecified atom stereocenters. The van der Waals surface area contributed by atoms with Gasteiger partial charge in [-0.05, 0) is 37.2 Å². The summed E-state index contributed by atoms with van der Waals surface area (Å²) in [7, 11) is 1.69. The van der Waals surface area contributed by atoms with Crippen molar-refractivity contribution in [2.75, 3.05) is 57.9 Å². The third-order valence-corrected chi connectivity index (χ3v) is 5.96. The van der Waals surface area contributed by atoms with E-state index < -0.39 is 0 Å². The molecule has 0 radical (unpaired) electrons. The van der Waals surface area contributed by atoms with Crippen LogP contribution in [0.4, 0.5) is 5.69 Å². The molecule has 5 rings (SSSR count). The number of fused-ring (bicyclic) bond motifs is 2. The van der Waals surface area contributed by atoms with Crippen molar-refractivity contribution < 1.29 is 14.2 Å². The summed E-state index contributed by atoms with van der Waals surface area (Å²) in [5, 5.41) is 0. The largest absolute Gasteiger partial charge is 0.497 e. The van der Waals surface area contributed by atoms with E-state index in [1.54, 1.807) is 7.11 Å². The van der Waals surface area contributed by atoms with E-state index in [1.165, 1.54) is 11.2 Å². The van der Waals surface area contributed by atoms with Crippen molar-refractivity contribution in [2.45, 2.75) is 13.0 Å². The van der Waals surface area contributed by atoms with Crippen LogP contribution >= 0.6 is 0 Å². The molecule has 7 heteroatoms. The molecular weight excluding hydrogens is 380 g/mol. The summed E-state index contributed by atoms with van der Waals surface area (Å²) in [5.41, 5.74) is 3.38. The molecule has 0 spiro atoms. The highest BCUT2D eigenvalue weighted by Crippen LogP contribution is 2.34. The maximum Gasteiger partial charge on any atom is 0.163 e. The summed E-state index contributed by atoms with van der Waals surface area (Å²) < 4.78 is 18.9. The first-order valence-corrected chi connectivity index (χ1v) is 10.7. The number of ether oxygens (including phenoxy) is 3. The zero-order valence-corrected chi connectivity index (χ0v) is 17.4. The van der Waals surface area contributed by atoms with Crippen LogP contribution in [0.25, 0.3) is 11.0 Å². The Hall–Kier alpha value is -2.93. The third kappa shape index (κ3) is 3.89. The van der Waals surface area contributed by atoms with E-state index in [1.807, 2.05) is 24.5 Å². The van der Waals surface area contributed by atoms with Crippen molar-refractivity contribution in [3.8, 4) is 17.2 Å². The van der Waals surface area contributed by atoms with Crippen molar-refractivity contribution in [2.24, 2.45) is 0 Å². The molecule has 2 aromatic carbocycles. The topological polar surface area (TPSA) is 52.0 Å². The van der Waals surface area contributed by atoms with E-state index >= 15 is 0 Å². The van der Waals surface area contributed by atoms with Gasteiger partial charge in [-0.25, -0.2) is 4.98 Å². The van der Waals surface area contributed by atoms with Crippen LogP contribution in [0.3, 0.4) is 0 Å². The number of rotatable bonds is 6. The van der Waals surface area contributed by atoms with Crippen molar-refractivity contribution in [3.63, 3.8) is 0 Å². The standard InChI is InChI=1S/C23H28N4O3/c1-28-19-4-5-21-20(16-19)24-17-27(21)8-2-7-25-9-11-26(12-10-25)18-3-6-22-23(15-18)30-14-13-29-22/h3-6,15-17H,2,7-14H2,1H3. The Morgan fingerprint density at radius 2 is 1.77 bits per heavy atom. The van der Waals surface area contributed by atoms with Crippen molar-refractivity contribution >= 4 is 16.7 Å². The molecule has 0 aliphatic carbocycles. The monoisotopic (exact) mass is 408 g/mol. The summed E-state index contributed by atoms with van der Waals surface area (Å²) >= 11 is 0. The fourth-order valence-corrected chi connectivity index (χ4v) is 4.27. The van der Waals surface area contributed by atoms with Crippen LogP contribution in [0.1, 0.15) is 6.42 Å². The van der Waals surface area contributed by atoms with Gasteiger partial charge in [0, 0.05) is 50.5 Å². The number of aromatic nitrogens is 2. The van der Waals surface area contributed by atoms with Gasteiger partial charge in [0.25, 0.3) is 0 Å². The SMILES string of the molecule is COc1ccc2c(c1)ncn2CCCN1CCN(c2ccc3c(c2)OCCO3)CC1. The molecule has 30 heavy (non-hydrogen) atoms. The number of piperazine rings is 1. The third-order valence-electron chi connectivity index (χ3n) is 5.96. The van der Waals surface area contributed by atoms with Crippen molar-refractivity contribution in [3.05, 3.63) is 42.7 Å². The number of nitrogens with zero attached hydrogens (tertiary/aromatic N) is 4. The van der Waals surface area contributed by atoms with Gasteiger partial charge >= 0.3 is 0 Å². The van der Waals surface area contributed by atoms with Crippen molar-refractivity contribution in [1.82, 2.24) is 14.5 Å². The molecule has 0 amide bonds. The van der Waals surface area contributed by atoms with Gasteiger partial charge in [0.05, 0.1) is 24.5 Å². The van der Waals surface area contributed by atoms with Crippen LogP contribution in [0.5, 0.6) is 17.2 Å². The van der Waals surface area contributed by atoms with Crippen LogP contribution in [-0.4, -0.2) is 67.5 Å². The number of hydrogen-bond acceptors (Lipinski definition) is 6. The highest BCUT2D eigenvalue weighted by molar-refractivity contribution is 5.77. The van der Waals surface area contributed by atoms with Gasteiger partial charge in [0.15, 0.2) is 11.5 Å². The van der Waals surface area contributed by atoms with E-state index in [0.717, 1.165) is 68.5 Å². The Labute approximate surface area is 176 Å². The minimum Gasteiger partial charge on any atom is -0.497 e. The molecule has 2 aliphatic heterocycles. The quantitative estimate of drug-likeness (QED) is 0.625. The zero-order valence-electron chi connectivity index (χ0n) is 17.4. The van der Waals surface area contributed by atoms with Gasteiger partial charge in [-0.2, -0.15) is 0 Å². The lowest BCUT2D eigenvalue weighted by Crippen LogP contribution is -2.46. The second-order valence-electron chi connectivity index (χ2n) is 7.80. The van der Waals surface area contributed by atoms with Crippen LogP contribution in [0.2, 0.25) is 0 Å². The number of aryl methyl sites for hydroxylation is 1. The van der Waals surface area contributed by atoms with E-state index in [0.29, 0.717) is 13.2 Å². The van der Waals surface area contributed by atoms with Crippen molar-refractivity contribution in [1.29, 1.82) is 0 Å². The molecule has 0 saturated carbocycles. The van der Waals surface area contributed by atoms with Crippen LogP contribution < -0.4 is 19.1 Å². The van der Waals surface area contributed by atoms with Gasteiger partial charge in [-0.1, -0.05) is 0 Å². The van der Waals surface area contributed by atoms with Gasteiger partial charge < -0.3 is 23.7 Å².